The second-order valence-electron chi connectivity index (χ2n) is 11.5. The molecule has 5 heteroatoms. The number of ketones is 1. The van der Waals surface area contributed by atoms with E-state index in [4.69, 9.17) is 11.0 Å². The Morgan fingerprint density at radius 3 is 2.73 bits per heavy atom. The normalized spacial score (nSPS) is 45.1. The predicted molar refractivity (Wildman–Crippen MR) is 115 cm³/mol. The Bertz CT molecular complexity index is 867. The number of carbonyl (C=O) groups excluding carboxylic acids is 1. The molecule has 1 heterocycles. The third kappa shape index (κ3) is 3.23. The first-order valence-electron chi connectivity index (χ1n) is 12.0. The number of hydrogen-bond acceptors (Lipinski definition) is 4. The summed E-state index contributed by atoms with van der Waals surface area (Å²) in [5.74, 6) is 4.52. The highest BCUT2D eigenvalue weighted by Gasteiger charge is 2.58. The number of rotatable bonds is 3. The van der Waals surface area contributed by atoms with E-state index in [2.05, 4.69) is 25.0 Å². The molecule has 4 fully saturated rings. The largest absolute Gasteiger partial charge is 0.325 e. The Hall–Kier alpha value is -1.67. The molecule has 0 aromatic carbocycles. The molecule has 0 aliphatic heterocycles. The van der Waals surface area contributed by atoms with E-state index in [1.807, 2.05) is 0 Å². The molecule has 4 aliphatic carbocycles. The van der Waals surface area contributed by atoms with E-state index in [0.29, 0.717) is 23.8 Å². The summed E-state index contributed by atoms with van der Waals surface area (Å²) in [6.45, 7) is 4.97. The molecule has 0 amide bonds. The number of hydrogen-bond donors (Lipinski definition) is 1. The van der Waals surface area contributed by atoms with Gasteiger partial charge in [0.15, 0.2) is 5.78 Å². The van der Waals surface area contributed by atoms with Crippen molar-refractivity contribution in [2.75, 3.05) is 0 Å². The number of nitrogens with two attached hydrogens (primary N) is 1. The van der Waals surface area contributed by atoms with Crippen molar-refractivity contribution in [2.24, 2.45) is 46.7 Å². The van der Waals surface area contributed by atoms with Crippen molar-refractivity contribution in [3.63, 3.8) is 0 Å². The predicted octanol–water partition coefficient (Wildman–Crippen LogP) is 4.31. The Morgan fingerprint density at radius 2 is 1.97 bits per heavy atom. The zero-order chi connectivity index (χ0) is 21.1. The number of carbonyl (C=O) groups is 1. The maximum Gasteiger partial charge on any atom is 0.157 e. The van der Waals surface area contributed by atoms with E-state index in [1.165, 1.54) is 51.4 Å². The number of nitrogens with zero attached hydrogens (tertiary/aromatic N) is 3. The molecular weight excluding hydrogens is 372 g/mol. The number of fused-ring (bicyclic) bond motifs is 5. The quantitative estimate of drug-likeness (QED) is 0.807. The number of Topliss-reactive ketones (excluding diaryl/α,β-unsaturated/α-hetero) is 1. The van der Waals surface area contributed by atoms with Gasteiger partial charge >= 0.3 is 0 Å². The molecule has 0 spiro atoms. The van der Waals surface area contributed by atoms with Gasteiger partial charge in [0.2, 0.25) is 0 Å². The van der Waals surface area contributed by atoms with Crippen LogP contribution in [0.25, 0.3) is 0 Å². The van der Waals surface area contributed by atoms with Crippen molar-refractivity contribution < 1.29 is 4.79 Å². The standard InChI is InChI=1S/C25H36N4O/c1-24(27)9-7-18-17(11-24)3-4-20-19(18)8-10-25(2)21(20)5-6-22(25)23(30)15-29-14-16(12-26)13-28-29/h13-14,17-22H,3-11,15,27H2,1-2H3/t17-,18+,19?,20-,21?,22-,24-,25+/m1/s1. The fraction of sp³-hybridized carbons (Fsp3) is 0.800. The van der Waals surface area contributed by atoms with Crippen LogP contribution in [0.15, 0.2) is 12.4 Å². The van der Waals surface area contributed by atoms with Gasteiger partial charge in [0.05, 0.1) is 18.3 Å². The summed E-state index contributed by atoms with van der Waals surface area (Å²) in [6.07, 6.45) is 14.4. The minimum absolute atomic E-state index is 0.0416. The van der Waals surface area contributed by atoms with Gasteiger partial charge in [0.25, 0.3) is 0 Å². The van der Waals surface area contributed by atoms with E-state index >= 15 is 0 Å². The SMILES string of the molecule is C[C@@]1(N)CC[C@@H]2C3CC[C@@]4(C)C(CC[C@@H]4C(=O)Cn4cc(C#N)cn4)[C@@H]3CC[C@@H]2C1. The van der Waals surface area contributed by atoms with Crippen LogP contribution in [0.3, 0.4) is 0 Å². The number of nitriles is 1. The zero-order valence-corrected chi connectivity index (χ0v) is 18.5. The van der Waals surface area contributed by atoms with Crippen molar-refractivity contribution in [1.29, 1.82) is 5.26 Å². The summed E-state index contributed by atoms with van der Waals surface area (Å²) >= 11 is 0. The van der Waals surface area contributed by atoms with Crippen LogP contribution in [0.2, 0.25) is 0 Å². The molecule has 4 aliphatic rings. The summed E-state index contributed by atoms with van der Waals surface area (Å²) in [7, 11) is 0. The zero-order valence-electron chi connectivity index (χ0n) is 18.5. The smallest absolute Gasteiger partial charge is 0.157 e. The van der Waals surface area contributed by atoms with E-state index in [0.717, 1.165) is 30.1 Å². The maximum absolute atomic E-state index is 13.3. The van der Waals surface area contributed by atoms with Gasteiger partial charge in [-0.25, -0.2) is 0 Å². The molecule has 2 N–H and O–H groups in total. The average Bonchev–Trinajstić information content (AvgIpc) is 3.30. The lowest BCUT2D eigenvalue weighted by atomic mass is 9.48. The van der Waals surface area contributed by atoms with Gasteiger partial charge in [-0.2, -0.15) is 10.4 Å². The highest BCUT2D eigenvalue weighted by Crippen LogP contribution is 2.64. The molecule has 0 saturated heterocycles. The molecule has 4 saturated carbocycles. The molecule has 1 aromatic heterocycles. The summed E-state index contributed by atoms with van der Waals surface area (Å²) < 4.78 is 1.65. The summed E-state index contributed by atoms with van der Waals surface area (Å²) in [5, 5.41) is 13.2. The van der Waals surface area contributed by atoms with Crippen LogP contribution in [-0.2, 0) is 11.3 Å². The molecule has 5 rings (SSSR count). The van der Waals surface area contributed by atoms with Crippen LogP contribution in [0.5, 0.6) is 0 Å². The Morgan fingerprint density at radius 1 is 1.17 bits per heavy atom. The lowest BCUT2D eigenvalue weighted by molar-refractivity contribution is -0.131. The van der Waals surface area contributed by atoms with Crippen molar-refractivity contribution in [1.82, 2.24) is 9.78 Å². The average molecular weight is 409 g/mol. The van der Waals surface area contributed by atoms with Crippen molar-refractivity contribution in [2.45, 2.75) is 83.7 Å². The molecule has 2 unspecified atom stereocenters. The second kappa shape index (κ2) is 7.19. The van der Waals surface area contributed by atoms with E-state index < -0.39 is 0 Å². The molecule has 0 radical (unpaired) electrons. The van der Waals surface area contributed by atoms with E-state index in [9.17, 15) is 4.79 Å². The second-order valence-corrected chi connectivity index (χ2v) is 11.5. The van der Waals surface area contributed by atoms with Gasteiger partial charge in [-0.15, -0.1) is 0 Å². The van der Waals surface area contributed by atoms with Crippen molar-refractivity contribution >= 4 is 5.78 Å². The first kappa shape index (κ1) is 20.2. The highest BCUT2D eigenvalue weighted by molar-refractivity contribution is 5.82. The van der Waals surface area contributed by atoms with Crippen LogP contribution in [-0.4, -0.2) is 21.1 Å². The summed E-state index contributed by atoms with van der Waals surface area (Å²) in [5.41, 5.74) is 7.23. The van der Waals surface area contributed by atoms with Gasteiger partial charge in [-0.05, 0) is 99.7 Å². The first-order valence-corrected chi connectivity index (χ1v) is 12.0. The van der Waals surface area contributed by atoms with E-state index in [-0.39, 0.29) is 16.9 Å². The van der Waals surface area contributed by atoms with Gasteiger partial charge in [0.1, 0.15) is 6.07 Å². The highest BCUT2D eigenvalue weighted by atomic mass is 16.1. The minimum atomic E-state index is 0.0416. The minimum Gasteiger partial charge on any atom is -0.325 e. The Balaban J connectivity index is 1.30. The lowest BCUT2D eigenvalue weighted by Gasteiger charge is -2.57. The van der Waals surface area contributed by atoms with Crippen LogP contribution < -0.4 is 5.73 Å². The molecule has 5 nitrogen and oxygen atoms in total. The van der Waals surface area contributed by atoms with Gasteiger partial charge in [-0.1, -0.05) is 6.92 Å². The summed E-state index contributed by atoms with van der Waals surface area (Å²) in [4.78, 5) is 13.3. The molecule has 162 valence electrons. The summed E-state index contributed by atoms with van der Waals surface area (Å²) in [6, 6.07) is 2.10. The Kier molecular flexibility index (Phi) is 4.85. The number of aromatic nitrogens is 2. The molecule has 8 atom stereocenters. The fourth-order valence-corrected chi connectivity index (χ4v) is 8.44. The maximum atomic E-state index is 13.3. The van der Waals surface area contributed by atoms with Crippen LogP contribution in [0.4, 0.5) is 0 Å². The van der Waals surface area contributed by atoms with Crippen LogP contribution >= 0.6 is 0 Å². The van der Waals surface area contributed by atoms with Gasteiger partial charge in [-0.3, -0.25) is 9.48 Å². The Labute approximate surface area is 180 Å². The van der Waals surface area contributed by atoms with Gasteiger partial charge < -0.3 is 5.73 Å². The van der Waals surface area contributed by atoms with Crippen LogP contribution in [0, 0.1) is 52.3 Å². The van der Waals surface area contributed by atoms with Crippen molar-refractivity contribution in [3.8, 4) is 6.07 Å². The fourth-order valence-electron chi connectivity index (χ4n) is 8.44. The molecule has 0 bridgehead atoms. The third-order valence-electron chi connectivity index (χ3n) is 9.76. The molecule has 30 heavy (non-hydrogen) atoms. The monoisotopic (exact) mass is 408 g/mol. The van der Waals surface area contributed by atoms with Crippen molar-refractivity contribution in [3.05, 3.63) is 18.0 Å². The topological polar surface area (TPSA) is 84.7 Å². The van der Waals surface area contributed by atoms with Gasteiger partial charge in [0, 0.05) is 17.7 Å². The third-order valence-corrected chi connectivity index (χ3v) is 9.76. The first-order chi connectivity index (χ1) is 14.3. The van der Waals surface area contributed by atoms with Crippen LogP contribution in [0.1, 0.15) is 77.2 Å². The molecular formula is C25H36N4O. The lowest BCUT2D eigenvalue weighted by Crippen LogP contribution is -2.52. The van der Waals surface area contributed by atoms with E-state index in [1.54, 1.807) is 17.1 Å². The molecule has 1 aromatic rings.